The molecule has 24 heavy (non-hydrogen) atoms. The van der Waals surface area contributed by atoms with Crippen molar-refractivity contribution in [1.82, 2.24) is 19.7 Å². The van der Waals surface area contributed by atoms with E-state index in [1.165, 1.54) is 17.6 Å². The van der Waals surface area contributed by atoms with Crippen LogP contribution in [0.2, 0.25) is 0 Å². The highest BCUT2D eigenvalue weighted by atomic mass is 32.1. The summed E-state index contributed by atoms with van der Waals surface area (Å²) in [6, 6.07) is -0.519. The maximum Gasteiger partial charge on any atom is 0.339 e. The summed E-state index contributed by atoms with van der Waals surface area (Å²) in [5, 5.41) is 18.4. The molecule has 8 nitrogen and oxygen atoms in total. The zero-order valence-corrected chi connectivity index (χ0v) is 14.3. The largest absolute Gasteiger partial charge is 0.478 e. The molecule has 3 aromatic heterocycles. The van der Waals surface area contributed by atoms with Crippen LogP contribution < -0.4 is 5.73 Å². The van der Waals surface area contributed by atoms with E-state index in [-0.39, 0.29) is 5.56 Å². The minimum Gasteiger partial charge on any atom is -0.478 e. The highest BCUT2D eigenvalue weighted by Gasteiger charge is 2.26. The summed E-state index contributed by atoms with van der Waals surface area (Å²) in [5.41, 5.74) is 7.24. The summed E-state index contributed by atoms with van der Waals surface area (Å²) in [7, 11) is 0. The third kappa shape index (κ3) is 2.72. The van der Waals surface area contributed by atoms with Crippen molar-refractivity contribution in [3.8, 4) is 5.00 Å². The van der Waals surface area contributed by atoms with Gasteiger partial charge in [-0.05, 0) is 26.3 Å². The molecule has 0 amide bonds. The van der Waals surface area contributed by atoms with E-state index < -0.39 is 12.0 Å². The van der Waals surface area contributed by atoms with Gasteiger partial charge in [0.15, 0.2) is 11.7 Å². The Bertz CT molecular complexity index is 881. The summed E-state index contributed by atoms with van der Waals surface area (Å²) < 4.78 is 6.93. The highest BCUT2D eigenvalue weighted by molar-refractivity contribution is 7.15. The van der Waals surface area contributed by atoms with Crippen LogP contribution in [0.1, 0.15) is 44.4 Å². The van der Waals surface area contributed by atoms with Crippen LogP contribution in [-0.4, -0.2) is 30.8 Å². The molecular weight excluding hydrogens is 330 g/mol. The SMILES string of the molecule is Cc1sc(-n2c(C)nnc2C(N)Cc2ncco2)c(C(=O)O)c1C. The van der Waals surface area contributed by atoms with E-state index >= 15 is 0 Å². The molecular formula is C15H17N5O3S. The second-order valence-electron chi connectivity index (χ2n) is 5.45. The number of oxazole rings is 1. The van der Waals surface area contributed by atoms with E-state index in [9.17, 15) is 9.90 Å². The number of aromatic carboxylic acids is 1. The normalized spacial score (nSPS) is 12.5. The smallest absolute Gasteiger partial charge is 0.339 e. The fourth-order valence-corrected chi connectivity index (χ4v) is 3.73. The van der Waals surface area contributed by atoms with Crippen molar-refractivity contribution in [3.05, 3.63) is 46.0 Å². The van der Waals surface area contributed by atoms with Crippen molar-refractivity contribution in [2.24, 2.45) is 5.73 Å². The summed E-state index contributed by atoms with van der Waals surface area (Å²) in [6.45, 7) is 5.46. The third-order valence-corrected chi connectivity index (χ3v) is 5.04. The molecule has 0 aliphatic heterocycles. The number of carboxylic acid groups (broad SMARTS) is 1. The van der Waals surface area contributed by atoms with Gasteiger partial charge in [-0.3, -0.25) is 4.57 Å². The van der Waals surface area contributed by atoms with Gasteiger partial charge in [0, 0.05) is 11.3 Å². The molecule has 1 atom stereocenters. The molecule has 3 aromatic rings. The number of nitrogens with two attached hydrogens (primary N) is 1. The Balaban J connectivity index is 2.08. The van der Waals surface area contributed by atoms with Gasteiger partial charge in [-0.15, -0.1) is 21.5 Å². The van der Waals surface area contributed by atoms with Crippen LogP contribution in [-0.2, 0) is 6.42 Å². The summed E-state index contributed by atoms with van der Waals surface area (Å²) >= 11 is 1.39. The van der Waals surface area contributed by atoms with Crippen molar-refractivity contribution in [2.45, 2.75) is 33.2 Å². The van der Waals surface area contributed by atoms with Crippen molar-refractivity contribution >= 4 is 17.3 Å². The first kappa shape index (κ1) is 16.3. The van der Waals surface area contributed by atoms with Gasteiger partial charge in [-0.25, -0.2) is 9.78 Å². The lowest BCUT2D eigenvalue weighted by molar-refractivity contribution is 0.0696. The molecule has 9 heteroatoms. The second kappa shape index (κ2) is 6.17. The number of hydrogen-bond acceptors (Lipinski definition) is 7. The molecule has 0 saturated carbocycles. The average molecular weight is 347 g/mol. The molecule has 0 aromatic carbocycles. The lowest BCUT2D eigenvalue weighted by atomic mass is 10.1. The summed E-state index contributed by atoms with van der Waals surface area (Å²) in [6.07, 6.45) is 3.37. The monoisotopic (exact) mass is 347 g/mol. The predicted molar refractivity (Wildman–Crippen MR) is 87.5 cm³/mol. The van der Waals surface area contributed by atoms with Crippen LogP contribution in [0.15, 0.2) is 16.9 Å². The summed E-state index contributed by atoms with van der Waals surface area (Å²) in [5.74, 6) is 0.574. The lowest BCUT2D eigenvalue weighted by Crippen LogP contribution is -2.19. The van der Waals surface area contributed by atoms with Gasteiger partial charge in [0.2, 0.25) is 0 Å². The van der Waals surface area contributed by atoms with Gasteiger partial charge < -0.3 is 15.3 Å². The third-order valence-electron chi connectivity index (χ3n) is 3.84. The molecule has 3 rings (SSSR count). The van der Waals surface area contributed by atoms with Crippen LogP contribution in [0.4, 0.5) is 0 Å². The Hall–Kier alpha value is -2.52. The minimum absolute atomic E-state index is 0.255. The molecule has 0 radical (unpaired) electrons. The minimum atomic E-state index is -0.979. The molecule has 0 aliphatic rings. The first-order valence-electron chi connectivity index (χ1n) is 7.29. The standard InChI is InChI=1S/C15H17N5O3S/c1-7-8(2)24-14(12(7)15(21)22)20-9(3)18-19-13(20)10(16)6-11-17-4-5-23-11/h4-5,10H,6,16H2,1-3H3,(H,21,22). The number of hydrogen-bond donors (Lipinski definition) is 2. The predicted octanol–water partition coefficient (Wildman–Crippen LogP) is 2.18. The Morgan fingerprint density at radius 2 is 2.17 bits per heavy atom. The zero-order valence-electron chi connectivity index (χ0n) is 13.5. The molecule has 0 spiro atoms. The van der Waals surface area contributed by atoms with Crippen LogP contribution in [0.25, 0.3) is 5.00 Å². The van der Waals surface area contributed by atoms with Crippen LogP contribution in [0, 0.1) is 20.8 Å². The van der Waals surface area contributed by atoms with E-state index in [0.29, 0.717) is 29.0 Å². The van der Waals surface area contributed by atoms with Gasteiger partial charge in [0.1, 0.15) is 17.1 Å². The van der Waals surface area contributed by atoms with E-state index in [1.54, 1.807) is 24.6 Å². The maximum absolute atomic E-state index is 11.7. The fraction of sp³-hybridized carbons (Fsp3) is 0.333. The molecule has 3 heterocycles. The lowest BCUT2D eigenvalue weighted by Gasteiger charge is -2.12. The summed E-state index contributed by atoms with van der Waals surface area (Å²) in [4.78, 5) is 16.7. The second-order valence-corrected chi connectivity index (χ2v) is 6.65. The van der Waals surface area contributed by atoms with Gasteiger partial charge in [-0.1, -0.05) is 0 Å². The van der Waals surface area contributed by atoms with Crippen LogP contribution in [0.5, 0.6) is 0 Å². The fourth-order valence-electron chi connectivity index (χ4n) is 2.52. The number of carbonyl (C=O) groups is 1. The molecule has 0 saturated heterocycles. The van der Waals surface area contributed by atoms with Gasteiger partial charge in [0.05, 0.1) is 17.8 Å². The Labute approximate surface area is 142 Å². The zero-order chi connectivity index (χ0) is 17.4. The highest BCUT2D eigenvalue weighted by Crippen LogP contribution is 2.33. The Morgan fingerprint density at radius 3 is 2.79 bits per heavy atom. The maximum atomic E-state index is 11.7. The number of nitrogens with zero attached hydrogens (tertiary/aromatic N) is 4. The van der Waals surface area contributed by atoms with Gasteiger partial charge in [-0.2, -0.15) is 0 Å². The Kier molecular flexibility index (Phi) is 4.20. The van der Waals surface area contributed by atoms with E-state index in [0.717, 1.165) is 10.4 Å². The molecule has 0 bridgehead atoms. The van der Waals surface area contributed by atoms with Crippen molar-refractivity contribution in [2.75, 3.05) is 0 Å². The number of aryl methyl sites for hydroxylation is 2. The van der Waals surface area contributed by atoms with Gasteiger partial charge >= 0.3 is 5.97 Å². The van der Waals surface area contributed by atoms with Crippen molar-refractivity contribution in [3.63, 3.8) is 0 Å². The first-order chi connectivity index (χ1) is 11.4. The topological polar surface area (TPSA) is 120 Å². The number of thiophene rings is 1. The van der Waals surface area contributed by atoms with E-state index in [1.807, 2.05) is 6.92 Å². The number of carboxylic acids is 1. The molecule has 1 unspecified atom stereocenters. The first-order valence-corrected chi connectivity index (χ1v) is 8.11. The van der Waals surface area contributed by atoms with Crippen LogP contribution >= 0.6 is 11.3 Å². The van der Waals surface area contributed by atoms with E-state index in [4.69, 9.17) is 10.2 Å². The van der Waals surface area contributed by atoms with Gasteiger partial charge in [0.25, 0.3) is 0 Å². The van der Waals surface area contributed by atoms with E-state index in [2.05, 4.69) is 15.2 Å². The Morgan fingerprint density at radius 1 is 1.42 bits per heavy atom. The number of aromatic nitrogens is 4. The van der Waals surface area contributed by atoms with Crippen molar-refractivity contribution < 1.29 is 14.3 Å². The molecule has 126 valence electrons. The number of rotatable bonds is 5. The molecule has 0 aliphatic carbocycles. The quantitative estimate of drug-likeness (QED) is 0.725. The van der Waals surface area contributed by atoms with Crippen molar-refractivity contribution in [1.29, 1.82) is 0 Å². The van der Waals surface area contributed by atoms with Crippen LogP contribution in [0.3, 0.4) is 0 Å². The molecule has 0 fully saturated rings. The molecule has 3 N–H and O–H groups in total. The average Bonchev–Trinajstić information content (AvgIpc) is 3.20.